The lowest BCUT2D eigenvalue weighted by Crippen LogP contribution is -2.28. The standard InChI is InChI=1S/C19H22N4OS/c1-9-8-13-14-16(25-19(21-14)12-6-7-12)10(2)23(3)15(13)17(20-9)22-18(24)11-4-5-11/h8,10-12H,4-7H2,1-3H3,(H,20,22,24). The predicted molar refractivity (Wildman–Crippen MR) is 100 cm³/mol. The number of carbonyl (C=O) groups excluding carboxylic acids is 1. The third-order valence-corrected chi connectivity index (χ3v) is 6.86. The number of nitrogens with zero attached hydrogens (tertiary/aromatic N) is 3. The first-order valence-electron chi connectivity index (χ1n) is 9.09. The van der Waals surface area contributed by atoms with Crippen molar-refractivity contribution in [2.24, 2.45) is 5.92 Å². The minimum atomic E-state index is 0.101. The van der Waals surface area contributed by atoms with Crippen molar-refractivity contribution in [3.63, 3.8) is 0 Å². The monoisotopic (exact) mass is 354 g/mol. The molecule has 1 aliphatic heterocycles. The molecule has 130 valence electrons. The molecule has 3 aliphatic rings. The van der Waals surface area contributed by atoms with Gasteiger partial charge < -0.3 is 10.2 Å². The van der Waals surface area contributed by atoms with E-state index >= 15 is 0 Å². The first-order valence-corrected chi connectivity index (χ1v) is 9.91. The average Bonchev–Trinajstić information content (AvgIpc) is 3.48. The van der Waals surface area contributed by atoms with Gasteiger partial charge in [0, 0.05) is 30.1 Å². The highest BCUT2D eigenvalue weighted by molar-refractivity contribution is 7.12. The summed E-state index contributed by atoms with van der Waals surface area (Å²) in [5, 5.41) is 4.35. The smallest absolute Gasteiger partial charge is 0.228 e. The van der Waals surface area contributed by atoms with Gasteiger partial charge >= 0.3 is 0 Å². The molecule has 1 unspecified atom stereocenters. The Hall–Kier alpha value is -1.95. The summed E-state index contributed by atoms with van der Waals surface area (Å²) in [4.78, 5) is 25.5. The highest BCUT2D eigenvalue weighted by atomic mass is 32.1. The Bertz CT molecular complexity index is 882. The molecule has 2 aromatic rings. The van der Waals surface area contributed by atoms with Crippen LogP contribution in [0.4, 0.5) is 11.5 Å². The van der Waals surface area contributed by atoms with Crippen LogP contribution in [0.3, 0.4) is 0 Å². The Morgan fingerprint density at radius 3 is 2.72 bits per heavy atom. The second-order valence-corrected chi connectivity index (χ2v) is 8.66. The Balaban J connectivity index is 1.65. The molecule has 1 atom stereocenters. The Morgan fingerprint density at radius 2 is 2.04 bits per heavy atom. The summed E-state index contributed by atoms with van der Waals surface area (Å²) in [5.74, 6) is 1.62. The van der Waals surface area contributed by atoms with Gasteiger partial charge in [0.05, 0.1) is 27.3 Å². The number of thiazole rings is 1. The van der Waals surface area contributed by atoms with Crippen LogP contribution in [-0.4, -0.2) is 22.9 Å². The van der Waals surface area contributed by atoms with E-state index < -0.39 is 0 Å². The minimum Gasteiger partial charge on any atom is -0.363 e. The first kappa shape index (κ1) is 15.3. The molecule has 2 aliphatic carbocycles. The van der Waals surface area contributed by atoms with Crippen molar-refractivity contribution >= 4 is 28.7 Å². The van der Waals surface area contributed by atoms with Gasteiger partial charge in [-0.05, 0) is 45.6 Å². The Kier molecular flexibility index (Phi) is 3.23. The van der Waals surface area contributed by atoms with E-state index in [0.29, 0.717) is 11.7 Å². The van der Waals surface area contributed by atoms with Gasteiger partial charge in [-0.3, -0.25) is 4.79 Å². The zero-order valence-corrected chi connectivity index (χ0v) is 15.6. The fourth-order valence-electron chi connectivity index (χ4n) is 3.56. The SMILES string of the molecule is Cc1cc2c(c(NC(=O)C3CC3)n1)N(C)C(C)c1sc(C3CC3)nc1-2. The second kappa shape index (κ2) is 5.27. The van der Waals surface area contributed by atoms with Crippen LogP contribution in [0.15, 0.2) is 6.07 Å². The lowest BCUT2D eigenvalue weighted by molar-refractivity contribution is -0.117. The molecular formula is C19H22N4OS. The van der Waals surface area contributed by atoms with Crippen LogP contribution in [0.5, 0.6) is 0 Å². The Labute approximate surface area is 151 Å². The number of nitrogens with one attached hydrogen (secondary N) is 1. The van der Waals surface area contributed by atoms with E-state index in [9.17, 15) is 4.79 Å². The minimum absolute atomic E-state index is 0.101. The molecule has 1 N–H and O–H groups in total. The number of rotatable bonds is 3. The van der Waals surface area contributed by atoms with Crippen LogP contribution >= 0.6 is 11.3 Å². The Morgan fingerprint density at radius 1 is 1.28 bits per heavy atom. The van der Waals surface area contributed by atoms with E-state index in [2.05, 4.69) is 35.2 Å². The molecule has 0 aromatic carbocycles. The van der Waals surface area contributed by atoms with E-state index in [1.165, 1.54) is 22.7 Å². The van der Waals surface area contributed by atoms with Crippen LogP contribution in [0, 0.1) is 12.8 Å². The predicted octanol–water partition coefficient (Wildman–Crippen LogP) is 4.25. The number of hydrogen-bond acceptors (Lipinski definition) is 5. The third kappa shape index (κ3) is 2.46. The van der Waals surface area contributed by atoms with Crippen molar-refractivity contribution in [2.45, 2.75) is 51.5 Å². The molecular weight excluding hydrogens is 332 g/mol. The third-order valence-electron chi connectivity index (χ3n) is 5.48. The molecule has 25 heavy (non-hydrogen) atoms. The summed E-state index contributed by atoms with van der Waals surface area (Å²) in [7, 11) is 2.09. The second-order valence-electron chi connectivity index (χ2n) is 7.60. The van der Waals surface area contributed by atoms with Crippen LogP contribution in [0.25, 0.3) is 11.3 Å². The number of amides is 1. The van der Waals surface area contributed by atoms with Crippen molar-refractivity contribution in [3.8, 4) is 11.3 Å². The fourth-order valence-corrected chi connectivity index (χ4v) is 4.90. The number of carbonyl (C=O) groups is 1. The highest BCUT2D eigenvalue weighted by Crippen LogP contribution is 2.52. The molecule has 1 amide bonds. The molecule has 6 heteroatoms. The van der Waals surface area contributed by atoms with E-state index in [1.807, 2.05) is 18.3 Å². The molecule has 5 rings (SSSR count). The van der Waals surface area contributed by atoms with Gasteiger partial charge in [0.1, 0.15) is 0 Å². The van der Waals surface area contributed by atoms with Crippen molar-refractivity contribution in [3.05, 3.63) is 21.6 Å². The maximum Gasteiger partial charge on any atom is 0.228 e. The van der Waals surface area contributed by atoms with Crippen LogP contribution in [0.2, 0.25) is 0 Å². The molecule has 0 bridgehead atoms. The number of fused-ring (bicyclic) bond motifs is 3. The molecule has 5 nitrogen and oxygen atoms in total. The molecule has 0 radical (unpaired) electrons. The number of anilines is 2. The maximum absolute atomic E-state index is 12.3. The van der Waals surface area contributed by atoms with Gasteiger partial charge in [-0.1, -0.05) is 0 Å². The number of pyridine rings is 1. The summed E-state index contributed by atoms with van der Waals surface area (Å²) in [6.07, 6.45) is 4.52. The molecule has 0 saturated heterocycles. The summed E-state index contributed by atoms with van der Waals surface area (Å²) in [6, 6.07) is 2.35. The van der Waals surface area contributed by atoms with Crippen molar-refractivity contribution in [2.75, 3.05) is 17.3 Å². The van der Waals surface area contributed by atoms with E-state index in [0.717, 1.165) is 35.5 Å². The van der Waals surface area contributed by atoms with Crippen LogP contribution in [0.1, 0.15) is 60.1 Å². The summed E-state index contributed by atoms with van der Waals surface area (Å²) < 4.78 is 0. The normalized spacial score (nSPS) is 21.7. The lowest BCUT2D eigenvalue weighted by Gasteiger charge is -2.34. The zero-order valence-electron chi connectivity index (χ0n) is 14.8. The molecule has 2 aromatic heterocycles. The van der Waals surface area contributed by atoms with E-state index in [-0.39, 0.29) is 17.9 Å². The van der Waals surface area contributed by atoms with Gasteiger partial charge in [-0.25, -0.2) is 9.97 Å². The van der Waals surface area contributed by atoms with E-state index in [1.54, 1.807) is 0 Å². The largest absolute Gasteiger partial charge is 0.363 e. The maximum atomic E-state index is 12.3. The van der Waals surface area contributed by atoms with Gasteiger partial charge in [0.25, 0.3) is 0 Å². The van der Waals surface area contributed by atoms with Crippen LogP contribution in [-0.2, 0) is 4.79 Å². The van der Waals surface area contributed by atoms with Gasteiger partial charge in [-0.2, -0.15) is 0 Å². The summed E-state index contributed by atoms with van der Waals surface area (Å²) in [5.41, 5.74) is 4.13. The zero-order chi connectivity index (χ0) is 17.3. The highest BCUT2D eigenvalue weighted by Gasteiger charge is 2.37. The van der Waals surface area contributed by atoms with Crippen LogP contribution < -0.4 is 10.2 Å². The molecule has 0 spiro atoms. The quantitative estimate of drug-likeness (QED) is 0.895. The number of aryl methyl sites for hydroxylation is 1. The van der Waals surface area contributed by atoms with E-state index in [4.69, 9.17) is 4.98 Å². The van der Waals surface area contributed by atoms with Crippen molar-refractivity contribution in [1.82, 2.24) is 9.97 Å². The first-order chi connectivity index (χ1) is 12.0. The average molecular weight is 354 g/mol. The molecule has 2 fully saturated rings. The number of aromatic nitrogens is 2. The summed E-state index contributed by atoms with van der Waals surface area (Å²) in [6.45, 7) is 4.20. The lowest BCUT2D eigenvalue weighted by atomic mass is 9.99. The van der Waals surface area contributed by atoms with Gasteiger partial charge in [0.15, 0.2) is 5.82 Å². The van der Waals surface area contributed by atoms with Crippen molar-refractivity contribution in [1.29, 1.82) is 0 Å². The molecule has 3 heterocycles. The van der Waals surface area contributed by atoms with Gasteiger partial charge in [-0.15, -0.1) is 11.3 Å². The van der Waals surface area contributed by atoms with Gasteiger partial charge in [0.2, 0.25) is 5.91 Å². The fraction of sp³-hybridized carbons (Fsp3) is 0.526. The molecule has 2 saturated carbocycles. The topological polar surface area (TPSA) is 58.1 Å². The van der Waals surface area contributed by atoms with Crippen molar-refractivity contribution < 1.29 is 4.79 Å². The summed E-state index contributed by atoms with van der Waals surface area (Å²) >= 11 is 1.86. The number of hydrogen-bond donors (Lipinski definition) is 1.